The Morgan fingerprint density at radius 1 is 1.38 bits per heavy atom. The molecule has 0 saturated carbocycles. The van der Waals surface area contributed by atoms with Crippen molar-refractivity contribution in [2.24, 2.45) is 7.05 Å². The van der Waals surface area contributed by atoms with E-state index in [1.54, 1.807) is 19.3 Å². The predicted molar refractivity (Wildman–Crippen MR) is 63.5 cm³/mol. The molecular formula is C10H7BrN2O3. The molecule has 0 atom stereocenters. The van der Waals surface area contributed by atoms with Crippen LogP contribution in [0.2, 0.25) is 0 Å². The quantitative estimate of drug-likeness (QED) is 0.595. The first kappa shape index (κ1) is 10.8. The summed E-state index contributed by atoms with van der Waals surface area (Å²) in [6.45, 7) is 0. The highest BCUT2D eigenvalue weighted by Crippen LogP contribution is 2.24. The third kappa shape index (κ3) is 1.61. The Balaban J connectivity index is 2.92. The molecule has 0 amide bonds. The summed E-state index contributed by atoms with van der Waals surface area (Å²) in [5.74, 6) is 0. The van der Waals surface area contributed by atoms with E-state index in [9.17, 15) is 14.9 Å². The summed E-state index contributed by atoms with van der Waals surface area (Å²) in [6.07, 6.45) is 1.64. The molecule has 0 N–H and O–H groups in total. The number of halogens is 1. The van der Waals surface area contributed by atoms with Gasteiger partial charge in [-0.05, 0) is 22.0 Å². The Labute approximate surface area is 98.6 Å². The number of rotatable bonds is 1. The maximum atomic E-state index is 11.8. The van der Waals surface area contributed by atoms with E-state index < -0.39 is 4.92 Å². The van der Waals surface area contributed by atoms with Crippen molar-refractivity contribution in [2.75, 3.05) is 0 Å². The minimum atomic E-state index is -0.514. The molecule has 0 bridgehead atoms. The maximum Gasteiger partial charge on any atom is 0.270 e. The van der Waals surface area contributed by atoms with Crippen LogP contribution in [0.5, 0.6) is 0 Å². The van der Waals surface area contributed by atoms with Crippen LogP contribution in [-0.2, 0) is 7.05 Å². The molecule has 0 radical (unpaired) electrons. The van der Waals surface area contributed by atoms with E-state index >= 15 is 0 Å². The van der Waals surface area contributed by atoms with E-state index in [1.165, 1.54) is 16.7 Å². The van der Waals surface area contributed by atoms with Gasteiger partial charge < -0.3 is 4.57 Å². The molecule has 2 rings (SSSR count). The lowest BCUT2D eigenvalue weighted by atomic mass is 10.1. The lowest BCUT2D eigenvalue weighted by molar-refractivity contribution is -0.384. The lowest BCUT2D eigenvalue weighted by Gasteiger charge is -2.03. The summed E-state index contributed by atoms with van der Waals surface area (Å²) in [7, 11) is 1.60. The van der Waals surface area contributed by atoms with E-state index in [0.717, 1.165) is 4.47 Å². The van der Waals surface area contributed by atoms with Crippen LogP contribution < -0.4 is 5.56 Å². The molecule has 0 saturated heterocycles. The Kier molecular flexibility index (Phi) is 2.51. The first-order valence-corrected chi connectivity index (χ1v) is 5.23. The highest BCUT2D eigenvalue weighted by molar-refractivity contribution is 9.10. The number of fused-ring (bicyclic) bond motifs is 1. The van der Waals surface area contributed by atoms with Gasteiger partial charge in [0.25, 0.3) is 11.2 Å². The largest absolute Gasteiger partial charge is 0.317 e. The van der Waals surface area contributed by atoms with Crippen molar-refractivity contribution in [3.8, 4) is 0 Å². The van der Waals surface area contributed by atoms with E-state index in [4.69, 9.17) is 0 Å². The second kappa shape index (κ2) is 3.71. The molecule has 0 fully saturated rings. The molecule has 6 heteroatoms. The second-order valence-corrected chi connectivity index (χ2v) is 4.23. The van der Waals surface area contributed by atoms with Crippen LogP contribution in [-0.4, -0.2) is 9.49 Å². The standard InChI is InChI=1S/C10H7BrN2O3/c1-12-5-9(11)7-3-2-6(13(15)16)4-8(7)10(12)14/h2-5H,1H3. The molecule has 5 nitrogen and oxygen atoms in total. The highest BCUT2D eigenvalue weighted by Gasteiger charge is 2.11. The Bertz CT molecular complexity index is 648. The number of hydrogen-bond acceptors (Lipinski definition) is 3. The van der Waals surface area contributed by atoms with E-state index in [0.29, 0.717) is 10.8 Å². The fraction of sp³-hybridized carbons (Fsp3) is 0.100. The Morgan fingerprint density at radius 2 is 2.06 bits per heavy atom. The normalized spacial score (nSPS) is 10.6. The topological polar surface area (TPSA) is 65.1 Å². The van der Waals surface area contributed by atoms with Gasteiger partial charge in [-0.1, -0.05) is 0 Å². The maximum absolute atomic E-state index is 11.8. The fourth-order valence-corrected chi connectivity index (χ4v) is 2.17. The monoisotopic (exact) mass is 282 g/mol. The van der Waals surface area contributed by atoms with Gasteiger partial charge in [0.15, 0.2) is 0 Å². The Morgan fingerprint density at radius 3 is 2.69 bits per heavy atom. The van der Waals surface area contributed by atoms with Crippen molar-refractivity contribution >= 4 is 32.4 Å². The number of hydrogen-bond donors (Lipinski definition) is 0. The Hall–Kier alpha value is -1.69. The van der Waals surface area contributed by atoms with Gasteiger partial charge in [0.1, 0.15) is 0 Å². The molecule has 16 heavy (non-hydrogen) atoms. The van der Waals surface area contributed by atoms with Gasteiger partial charge in [-0.3, -0.25) is 14.9 Å². The zero-order valence-corrected chi connectivity index (χ0v) is 9.89. The molecule has 82 valence electrons. The molecule has 1 aromatic carbocycles. The van der Waals surface area contributed by atoms with E-state index in [-0.39, 0.29) is 11.2 Å². The summed E-state index contributed by atoms with van der Waals surface area (Å²) in [4.78, 5) is 21.9. The summed E-state index contributed by atoms with van der Waals surface area (Å²) < 4.78 is 2.12. The number of nitrogens with zero attached hydrogens (tertiary/aromatic N) is 2. The number of nitro benzene ring substituents is 1. The van der Waals surface area contributed by atoms with Crippen molar-refractivity contribution in [2.45, 2.75) is 0 Å². The minimum absolute atomic E-state index is 0.0808. The highest BCUT2D eigenvalue weighted by atomic mass is 79.9. The second-order valence-electron chi connectivity index (χ2n) is 3.38. The zero-order chi connectivity index (χ0) is 11.9. The van der Waals surface area contributed by atoms with Crippen molar-refractivity contribution in [1.29, 1.82) is 0 Å². The number of pyridine rings is 1. The van der Waals surface area contributed by atoms with Gasteiger partial charge in [0, 0.05) is 35.2 Å². The predicted octanol–water partition coefficient (Wildman–Crippen LogP) is 2.21. The fourth-order valence-electron chi connectivity index (χ4n) is 1.52. The first-order chi connectivity index (χ1) is 7.50. The number of non-ortho nitro benzene ring substituents is 1. The van der Waals surface area contributed by atoms with Crippen molar-refractivity contribution in [1.82, 2.24) is 4.57 Å². The number of nitro groups is 1. The molecule has 0 aliphatic carbocycles. The van der Waals surface area contributed by atoms with E-state index in [1.807, 2.05) is 0 Å². The third-order valence-corrected chi connectivity index (χ3v) is 2.96. The molecular weight excluding hydrogens is 276 g/mol. The van der Waals surface area contributed by atoms with E-state index in [2.05, 4.69) is 15.9 Å². The van der Waals surface area contributed by atoms with Gasteiger partial charge in [0.05, 0.1) is 10.3 Å². The molecule has 1 aromatic heterocycles. The van der Waals surface area contributed by atoms with Crippen LogP contribution in [0.3, 0.4) is 0 Å². The molecule has 0 aliphatic heterocycles. The van der Waals surface area contributed by atoms with Crippen molar-refractivity contribution < 1.29 is 4.92 Å². The van der Waals surface area contributed by atoms with Gasteiger partial charge >= 0.3 is 0 Å². The van der Waals surface area contributed by atoms with Crippen LogP contribution in [0.4, 0.5) is 5.69 Å². The van der Waals surface area contributed by atoms with Crippen LogP contribution in [0.15, 0.2) is 33.7 Å². The average molecular weight is 283 g/mol. The first-order valence-electron chi connectivity index (χ1n) is 4.44. The molecule has 0 unspecified atom stereocenters. The van der Waals surface area contributed by atoms with Crippen molar-refractivity contribution in [3.63, 3.8) is 0 Å². The molecule has 1 heterocycles. The van der Waals surface area contributed by atoms with Crippen LogP contribution >= 0.6 is 15.9 Å². The SMILES string of the molecule is Cn1cc(Br)c2ccc([N+](=O)[O-])cc2c1=O. The number of aromatic nitrogens is 1. The van der Waals surface area contributed by atoms with Gasteiger partial charge in [-0.15, -0.1) is 0 Å². The minimum Gasteiger partial charge on any atom is -0.317 e. The number of aryl methyl sites for hydroxylation is 1. The smallest absolute Gasteiger partial charge is 0.270 e. The van der Waals surface area contributed by atoms with Gasteiger partial charge in [-0.25, -0.2) is 0 Å². The summed E-state index contributed by atoms with van der Waals surface area (Å²) >= 11 is 3.31. The van der Waals surface area contributed by atoms with Crippen LogP contribution in [0.1, 0.15) is 0 Å². The number of benzene rings is 1. The van der Waals surface area contributed by atoms with Gasteiger partial charge in [-0.2, -0.15) is 0 Å². The van der Waals surface area contributed by atoms with Gasteiger partial charge in [0.2, 0.25) is 0 Å². The summed E-state index contributed by atoms with van der Waals surface area (Å²) in [5, 5.41) is 11.6. The lowest BCUT2D eigenvalue weighted by Crippen LogP contribution is -2.16. The van der Waals surface area contributed by atoms with Crippen LogP contribution in [0.25, 0.3) is 10.8 Å². The third-order valence-electron chi connectivity index (χ3n) is 2.33. The molecule has 0 aliphatic rings. The molecule has 2 aromatic rings. The van der Waals surface area contributed by atoms with Crippen LogP contribution in [0, 0.1) is 10.1 Å². The average Bonchev–Trinajstić information content (AvgIpc) is 2.25. The summed E-state index contributed by atoms with van der Waals surface area (Å²) in [6, 6.07) is 4.24. The summed E-state index contributed by atoms with van der Waals surface area (Å²) in [5.41, 5.74) is -0.329. The van der Waals surface area contributed by atoms with Crippen molar-refractivity contribution in [3.05, 3.63) is 49.3 Å². The zero-order valence-electron chi connectivity index (χ0n) is 8.31. The molecule has 0 spiro atoms.